The molecule has 0 aliphatic carbocycles. The minimum Gasteiger partial charge on any atom is -0.354 e. The van der Waals surface area contributed by atoms with Gasteiger partial charge < -0.3 is 20.4 Å². The summed E-state index contributed by atoms with van der Waals surface area (Å²) in [6.45, 7) is 0.908. The van der Waals surface area contributed by atoms with Crippen LogP contribution in [0.1, 0.15) is 37.0 Å². The minimum absolute atomic E-state index is 0.0162. The molecular formula is C19H31N5OS. The molecule has 6 nitrogen and oxygen atoms in total. The third kappa shape index (κ3) is 4.98. The minimum atomic E-state index is 0.0162. The van der Waals surface area contributed by atoms with Gasteiger partial charge in [0.25, 0.3) is 0 Å². The Morgan fingerprint density at radius 3 is 2.69 bits per heavy atom. The number of thiophene rings is 1. The molecule has 1 amide bonds. The number of rotatable bonds is 5. The highest BCUT2D eigenvalue weighted by Crippen LogP contribution is 2.32. The molecule has 144 valence electrons. The van der Waals surface area contributed by atoms with E-state index in [0.29, 0.717) is 18.1 Å². The van der Waals surface area contributed by atoms with Crippen molar-refractivity contribution in [3.05, 3.63) is 22.4 Å². The lowest BCUT2D eigenvalue weighted by molar-refractivity contribution is -0.127. The van der Waals surface area contributed by atoms with E-state index in [2.05, 4.69) is 45.1 Å². The van der Waals surface area contributed by atoms with Crippen molar-refractivity contribution in [2.24, 2.45) is 4.99 Å². The van der Waals surface area contributed by atoms with Gasteiger partial charge in [0.1, 0.15) is 6.54 Å². The molecule has 0 saturated carbocycles. The summed E-state index contributed by atoms with van der Waals surface area (Å²) in [6, 6.07) is 5.93. The molecule has 3 heterocycles. The Labute approximate surface area is 160 Å². The number of carbonyl (C=O) groups excluding carboxylic acids is 1. The van der Waals surface area contributed by atoms with Gasteiger partial charge in [0.2, 0.25) is 5.91 Å². The van der Waals surface area contributed by atoms with E-state index in [1.807, 2.05) is 0 Å². The molecule has 7 heteroatoms. The first-order valence-corrected chi connectivity index (χ1v) is 10.4. The molecule has 2 atom stereocenters. The van der Waals surface area contributed by atoms with E-state index in [9.17, 15) is 4.79 Å². The molecule has 2 aliphatic rings. The number of hydrogen-bond acceptors (Lipinski definition) is 4. The van der Waals surface area contributed by atoms with E-state index < -0.39 is 0 Å². The van der Waals surface area contributed by atoms with Gasteiger partial charge in [-0.3, -0.25) is 4.79 Å². The number of fused-ring (bicyclic) bond motifs is 2. The highest BCUT2D eigenvalue weighted by molar-refractivity contribution is 7.09. The standard InChI is InChI=1S/C19H31N5OS/c1-23(2)18(25)13-21-19(20-12-17-8-5-9-26-17)22-14-10-15-6-4-7-16(11-14)24(15)3/h5,8-9,14-16H,4,6-7,10-13H2,1-3H3,(H2,20,21,22). The zero-order valence-corrected chi connectivity index (χ0v) is 16.9. The quantitative estimate of drug-likeness (QED) is 0.608. The van der Waals surface area contributed by atoms with E-state index in [4.69, 9.17) is 0 Å². The summed E-state index contributed by atoms with van der Waals surface area (Å²) in [5.41, 5.74) is 0. The van der Waals surface area contributed by atoms with Crippen LogP contribution in [0.3, 0.4) is 0 Å². The Morgan fingerprint density at radius 2 is 2.08 bits per heavy atom. The first-order chi connectivity index (χ1) is 12.5. The average molecular weight is 378 g/mol. The highest BCUT2D eigenvalue weighted by Gasteiger charge is 2.36. The number of amides is 1. The molecule has 1 aromatic heterocycles. The number of guanidine groups is 1. The van der Waals surface area contributed by atoms with Crippen molar-refractivity contribution in [1.82, 2.24) is 20.4 Å². The fourth-order valence-electron chi connectivity index (χ4n) is 3.95. The van der Waals surface area contributed by atoms with Crippen molar-refractivity contribution in [1.29, 1.82) is 0 Å². The summed E-state index contributed by atoms with van der Waals surface area (Å²) in [7, 11) is 5.80. The summed E-state index contributed by atoms with van der Waals surface area (Å²) in [5.74, 6) is 0.767. The zero-order valence-electron chi connectivity index (χ0n) is 16.1. The second-order valence-corrected chi connectivity index (χ2v) is 8.63. The van der Waals surface area contributed by atoms with Gasteiger partial charge in [-0.15, -0.1) is 11.3 Å². The molecule has 2 unspecified atom stereocenters. The van der Waals surface area contributed by atoms with E-state index in [-0.39, 0.29) is 12.5 Å². The fraction of sp³-hybridized carbons (Fsp3) is 0.684. The highest BCUT2D eigenvalue weighted by atomic mass is 32.1. The molecule has 1 aromatic rings. The average Bonchev–Trinajstić information content (AvgIpc) is 3.11. The first-order valence-electron chi connectivity index (χ1n) is 9.52. The molecule has 2 N–H and O–H groups in total. The van der Waals surface area contributed by atoms with E-state index >= 15 is 0 Å². The number of likely N-dealkylation sites (N-methyl/N-ethyl adjacent to an activating group) is 1. The maximum Gasteiger partial charge on any atom is 0.243 e. The Balaban J connectivity index is 1.62. The summed E-state index contributed by atoms with van der Waals surface area (Å²) >= 11 is 1.73. The molecule has 0 radical (unpaired) electrons. The maximum atomic E-state index is 11.9. The van der Waals surface area contributed by atoms with Crippen LogP contribution in [0.5, 0.6) is 0 Å². The lowest BCUT2D eigenvalue weighted by Gasteiger charge is -2.47. The number of nitrogens with zero attached hydrogens (tertiary/aromatic N) is 3. The van der Waals surface area contributed by atoms with Gasteiger partial charge in [-0.1, -0.05) is 12.5 Å². The third-order valence-electron chi connectivity index (χ3n) is 5.56. The second kappa shape index (κ2) is 8.86. The summed E-state index contributed by atoms with van der Waals surface area (Å²) in [4.78, 5) is 21.9. The Morgan fingerprint density at radius 1 is 1.35 bits per heavy atom. The van der Waals surface area contributed by atoms with Crippen LogP contribution >= 0.6 is 11.3 Å². The van der Waals surface area contributed by atoms with Crippen molar-refractivity contribution in [3.8, 4) is 0 Å². The van der Waals surface area contributed by atoms with Crippen LogP contribution in [-0.4, -0.2) is 67.5 Å². The van der Waals surface area contributed by atoms with Gasteiger partial charge in [0.15, 0.2) is 5.96 Å². The molecule has 26 heavy (non-hydrogen) atoms. The van der Waals surface area contributed by atoms with Crippen LogP contribution in [-0.2, 0) is 11.3 Å². The van der Waals surface area contributed by atoms with Crippen LogP contribution in [0.2, 0.25) is 0 Å². The Hall–Kier alpha value is -1.60. The number of piperidine rings is 2. The van der Waals surface area contributed by atoms with E-state index in [0.717, 1.165) is 25.3 Å². The van der Waals surface area contributed by atoms with Gasteiger partial charge in [-0.05, 0) is 44.2 Å². The van der Waals surface area contributed by atoms with Crippen molar-refractivity contribution in [3.63, 3.8) is 0 Å². The van der Waals surface area contributed by atoms with Gasteiger partial charge in [0, 0.05) is 37.1 Å². The fourth-order valence-corrected chi connectivity index (χ4v) is 4.60. The van der Waals surface area contributed by atoms with Crippen molar-refractivity contribution in [2.75, 3.05) is 27.7 Å². The molecule has 2 saturated heterocycles. The van der Waals surface area contributed by atoms with Crippen LogP contribution in [0, 0.1) is 0 Å². The summed E-state index contributed by atoms with van der Waals surface area (Å²) in [6.07, 6.45) is 6.22. The van der Waals surface area contributed by atoms with Gasteiger partial charge in [-0.2, -0.15) is 0 Å². The molecule has 2 fully saturated rings. The Bertz CT molecular complexity index is 601. The third-order valence-corrected chi connectivity index (χ3v) is 6.44. The van der Waals surface area contributed by atoms with Crippen LogP contribution in [0.4, 0.5) is 0 Å². The van der Waals surface area contributed by atoms with E-state index in [1.165, 1.54) is 24.1 Å². The lowest BCUT2D eigenvalue weighted by atomic mass is 9.82. The normalized spacial score (nSPS) is 26.4. The molecule has 2 bridgehead atoms. The molecule has 3 rings (SSSR count). The van der Waals surface area contributed by atoms with Crippen molar-refractivity contribution < 1.29 is 4.79 Å². The molecule has 2 aliphatic heterocycles. The number of hydrogen-bond donors (Lipinski definition) is 2. The molecule has 0 spiro atoms. The smallest absolute Gasteiger partial charge is 0.243 e. The number of aliphatic imine (C=N–C) groups is 1. The van der Waals surface area contributed by atoms with Gasteiger partial charge in [0.05, 0.1) is 6.54 Å². The van der Waals surface area contributed by atoms with Crippen molar-refractivity contribution >= 4 is 23.2 Å². The SMILES string of the molecule is CN(C)C(=O)CN=C(NCc1cccs1)NC1CC2CCCC(C1)N2C. The topological polar surface area (TPSA) is 60.0 Å². The number of carbonyl (C=O) groups is 1. The van der Waals surface area contributed by atoms with Crippen LogP contribution < -0.4 is 10.6 Å². The number of nitrogens with one attached hydrogen (secondary N) is 2. The predicted molar refractivity (Wildman–Crippen MR) is 108 cm³/mol. The van der Waals surface area contributed by atoms with Gasteiger partial charge in [-0.25, -0.2) is 4.99 Å². The zero-order chi connectivity index (χ0) is 18.5. The monoisotopic (exact) mass is 377 g/mol. The van der Waals surface area contributed by atoms with Crippen LogP contribution in [0.15, 0.2) is 22.5 Å². The Kier molecular flexibility index (Phi) is 6.53. The summed E-state index contributed by atoms with van der Waals surface area (Å²) < 4.78 is 0. The molecular weight excluding hydrogens is 346 g/mol. The maximum absolute atomic E-state index is 11.9. The van der Waals surface area contributed by atoms with Crippen LogP contribution in [0.25, 0.3) is 0 Å². The lowest BCUT2D eigenvalue weighted by Crippen LogP contribution is -2.56. The van der Waals surface area contributed by atoms with E-state index in [1.54, 1.807) is 30.3 Å². The predicted octanol–water partition coefficient (Wildman–Crippen LogP) is 1.89. The summed E-state index contributed by atoms with van der Waals surface area (Å²) in [5, 5.41) is 9.09. The first kappa shape index (κ1) is 19.2. The van der Waals surface area contributed by atoms with Gasteiger partial charge >= 0.3 is 0 Å². The van der Waals surface area contributed by atoms with Crippen molar-refractivity contribution in [2.45, 2.75) is 56.8 Å². The molecule has 0 aromatic carbocycles. The second-order valence-electron chi connectivity index (χ2n) is 7.60. The largest absolute Gasteiger partial charge is 0.354 e.